The van der Waals surface area contributed by atoms with Crippen LogP contribution in [0.1, 0.15) is 83.1 Å². The zero-order valence-electron chi connectivity index (χ0n) is 32.6. The van der Waals surface area contributed by atoms with Gasteiger partial charge in [-0.3, -0.25) is 0 Å². The summed E-state index contributed by atoms with van der Waals surface area (Å²) in [6, 6.07) is 0. The summed E-state index contributed by atoms with van der Waals surface area (Å²) in [5.41, 5.74) is 15.1. The fraction of sp³-hybridized carbons (Fsp3) is 0.632. The summed E-state index contributed by atoms with van der Waals surface area (Å²) in [4.78, 5) is 4.50. The van der Waals surface area contributed by atoms with Crippen LogP contribution in [0.3, 0.4) is 0 Å². The molecule has 0 saturated heterocycles. The van der Waals surface area contributed by atoms with E-state index in [0.717, 1.165) is 19.6 Å². The van der Waals surface area contributed by atoms with Gasteiger partial charge in [0.15, 0.2) is 0 Å². The lowest BCUT2D eigenvalue weighted by Gasteiger charge is -2.31. The van der Waals surface area contributed by atoms with Gasteiger partial charge < -0.3 is 0 Å². The molecule has 8 heteroatoms. The number of thioether (sulfide) groups is 4. The Bertz CT molecular complexity index is 1340. The van der Waals surface area contributed by atoms with Gasteiger partial charge >= 0.3 is 0 Å². The topological polar surface area (TPSA) is 0 Å². The first kappa shape index (κ1) is 41.9. The van der Waals surface area contributed by atoms with E-state index < -0.39 is 32.3 Å². The molecule has 2 aliphatic heterocycles. The van der Waals surface area contributed by atoms with Crippen molar-refractivity contribution < 1.29 is 0 Å². The van der Waals surface area contributed by atoms with Crippen molar-refractivity contribution in [2.24, 2.45) is 0 Å². The van der Waals surface area contributed by atoms with Gasteiger partial charge in [-0.25, -0.2) is 0 Å². The quantitative estimate of drug-likeness (QED) is 0.178. The molecule has 0 amide bonds. The van der Waals surface area contributed by atoms with Crippen molar-refractivity contribution in [1.82, 2.24) is 0 Å². The summed E-state index contributed by atoms with van der Waals surface area (Å²) in [6.07, 6.45) is 0. The first-order valence-corrected chi connectivity index (χ1v) is 31.6. The maximum Gasteiger partial charge on any atom is 0.138 e. The van der Waals surface area contributed by atoms with E-state index >= 15 is 0 Å². The van der Waals surface area contributed by atoms with Crippen LogP contribution in [0.15, 0.2) is 28.1 Å². The van der Waals surface area contributed by atoms with Gasteiger partial charge in [-0.05, 0) is 20.2 Å². The third-order valence-corrected chi connectivity index (χ3v) is 34.2. The Labute approximate surface area is 306 Å². The highest BCUT2D eigenvalue weighted by Crippen LogP contribution is 2.60. The van der Waals surface area contributed by atoms with Crippen molar-refractivity contribution in [3.8, 4) is 45.9 Å². The number of hydrogen-bond donors (Lipinski definition) is 0. The molecule has 0 N–H and O–H groups in total. The molecule has 0 aliphatic carbocycles. The molecule has 0 aromatic carbocycles. The first-order valence-electron chi connectivity index (χ1n) is 16.4. The lowest BCUT2D eigenvalue weighted by atomic mass is 10.2. The molecule has 0 unspecified atom stereocenters. The summed E-state index contributed by atoms with van der Waals surface area (Å²) in [5, 5.41) is 0.840. The van der Waals surface area contributed by atoms with Crippen LogP contribution in [0.25, 0.3) is 0 Å². The Balaban J connectivity index is 2.70. The molecule has 0 nitrogen and oxygen atoms in total. The van der Waals surface area contributed by atoms with Crippen LogP contribution in [-0.4, -0.2) is 32.3 Å². The lowest BCUT2D eigenvalue weighted by Crippen LogP contribution is -2.35. The fourth-order valence-electron chi connectivity index (χ4n) is 2.70. The Kier molecular flexibility index (Phi) is 12.9. The predicted octanol–water partition coefficient (Wildman–Crippen LogP) is 13.7. The summed E-state index contributed by atoms with van der Waals surface area (Å²) in [7, 11) is -7.11. The summed E-state index contributed by atoms with van der Waals surface area (Å²) < 4.78 is 2.56. The third kappa shape index (κ3) is 10.4. The molecule has 2 aliphatic rings. The monoisotopic (exact) mass is 756 g/mol. The van der Waals surface area contributed by atoms with Gasteiger partial charge in [0.25, 0.3) is 0 Å². The van der Waals surface area contributed by atoms with E-state index in [1.165, 1.54) is 8.47 Å². The van der Waals surface area contributed by atoms with Crippen molar-refractivity contribution in [2.45, 2.75) is 156 Å². The van der Waals surface area contributed by atoms with Gasteiger partial charge in [0, 0.05) is 0 Å². The molecule has 46 heavy (non-hydrogen) atoms. The Morgan fingerprint density at radius 1 is 0.326 bits per heavy atom. The SMILES string of the molecule is CC(C)(C)[Si](C)(C)C#CC1=C(C#C[Si](C)(C)C(C)(C)C)SC(=C2SC(C#C[Si](C)(C)C(C)(C)C)=C(C#C[Si](C)(C)C(C)(C)C)S2)S1. The molecule has 0 saturated carbocycles. The molecule has 0 aromatic rings. The van der Waals surface area contributed by atoms with Crippen molar-refractivity contribution in [1.29, 1.82) is 0 Å². The maximum absolute atomic E-state index is 3.79. The number of allylic oxidation sites excluding steroid dienone is 4. The maximum atomic E-state index is 3.79. The molecule has 0 spiro atoms. The van der Waals surface area contributed by atoms with Crippen molar-refractivity contribution >= 4 is 79.3 Å². The molecule has 0 radical (unpaired) electrons. The highest BCUT2D eigenvalue weighted by atomic mass is 32.2. The van der Waals surface area contributed by atoms with Gasteiger partial charge in [-0.15, -0.1) is 22.2 Å². The van der Waals surface area contributed by atoms with Crippen LogP contribution in [-0.2, 0) is 0 Å². The van der Waals surface area contributed by atoms with Crippen LogP contribution >= 0.6 is 47.0 Å². The fourth-order valence-corrected chi connectivity index (χ4v) is 11.2. The van der Waals surface area contributed by atoms with E-state index in [9.17, 15) is 0 Å². The van der Waals surface area contributed by atoms with E-state index in [0.29, 0.717) is 0 Å². The average molecular weight is 758 g/mol. The summed E-state index contributed by atoms with van der Waals surface area (Å²) in [5.74, 6) is 14.8. The van der Waals surface area contributed by atoms with E-state index in [1.807, 2.05) is 47.0 Å². The van der Waals surface area contributed by atoms with Crippen molar-refractivity contribution in [3.05, 3.63) is 28.1 Å². The van der Waals surface area contributed by atoms with Gasteiger partial charge in [0.2, 0.25) is 0 Å². The van der Waals surface area contributed by atoms with Gasteiger partial charge in [0.05, 0.1) is 28.1 Å². The Morgan fingerprint density at radius 3 is 0.609 bits per heavy atom. The second-order valence-corrected chi connectivity index (χ2v) is 43.4. The average Bonchev–Trinajstić information content (AvgIpc) is 3.45. The number of hydrogen-bond acceptors (Lipinski definition) is 4. The third-order valence-electron chi connectivity index (χ3n) is 10.8. The molecule has 0 bridgehead atoms. The molecule has 2 rings (SSSR count). The minimum absolute atomic E-state index is 0.210. The van der Waals surface area contributed by atoms with Crippen LogP contribution in [0, 0.1) is 45.9 Å². The molecular formula is C38H60S4Si4. The molecule has 2 heterocycles. The highest BCUT2D eigenvalue weighted by molar-refractivity contribution is 8.34. The van der Waals surface area contributed by atoms with Crippen molar-refractivity contribution in [2.75, 3.05) is 0 Å². The van der Waals surface area contributed by atoms with E-state index in [-0.39, 0.29) is 20.2 Å². The standard InChI is InChI=1S/C38H60S4Si4/c1-35(2,3)43(13,14)25-21-29-30(22-26-44(15,16)36(4,5)6)40-33(39-29)34-41-31(23-27-45(17,18)37(7,8)9)32(42-34)24-28-46(19,20)38(10,11)12/h1-20H3. The van der Waals surface area contributed by atoms with Crippen LogP contribution in [0.5, 0.6) is 0 Å². The summed E-state index contributed by atoms with van der Waals surface area (Å²) >= 11 is 7.29. The van der Waals surface area contributed by atoms with Gasteiger partial charge in [-0.2, -0.15) is 0 Å². The zero-order valence-corrected chi connectivity index (χ0v) is 39.9. The second kappa shape index (κ2) is 14.2. The van der Waals surface area contributed by atoms with Crippen LogP contribution < -0.4 is 0 Å². The minimum atomic E-state index is -1.78. The Morgan fingerprint density at radius 2 is 0.478 bits per heavy atom. The summed E-state index contributed by atoms with van der Waals surface area (Å²) in [6.45, 7) is 47.1. The predicted molar refractivity (Wildman–Crippen MR) is 231 cm³/mol. The normalized spacial score (nSPS) is 17.1. The molecular weight excluding hydrogens is 697 g/mol. The lowest BCUT2D eigenvalue weighted by molar-refractivity contribution is 0.730. The smallest absolute Gasteiger partial charge is 0.125 e. The van der Waals surface area contributed by atoms with Crippen LogP contribution in [0.4, 0.5) is 0 Å². The molecule has 252 valence electrons. The van der Waals surface area contributed by atoms with E-state index in [1.54, 1.807) is 0 Å². The first-order chi connectivity index (χ1) is 20.3. The molecule has 0 fully saturated rings. The van der Waals surface area contributed by atoms with Gasteiger partial charge in [0.1, 0.15) is 32.3 Å². The largest absolute Gasteiger partial charge is 0.138 e. The van der Waals surface area contributed by atoms with E-state index in [4.69, 9.17) is 0 Å². The zero-order chi connectivity index (χ0) is 35.9. The minimum Gasteiger partial charge on any atom is -0.125 e. The molecule has 0 atom stereocenters. The van der Waals surface area contributed by atoms with Crippen molar-refractivity contribution in [3.63, 3.8) is 0 Å². The van der Waals surface area contributed by atoms with Gasteiger partial charge in [-0.1, -0.05) is 206 Å². The van der Waals surface area contributed by atoms with E-state index in [2.05, 4.69) is 181 Å². The molecule has 0 aromatic heterocycles. The number of rotatable bonds is 0. The second-order valence-electron chi connectivity index (χ2n) is 18.8. The Hall–Kier alpha value is -0.272. The van der Waals surface area contributed by atoms with Crippen LogP contribution in [0.2, 0.25) is 72.5 Å². The highest BCUT2D eigenvalue weighted by Gasteiger charge is 2.38.